The molecule has 0 spiro atoms. The van der Waals surface area contributed by atoms with Crippen LogP contribution < -0.4 is 9.04 Å². The number of carbonyl (C=O) groups excluding carboxylic acids is 1. The third-order valence-corrected chi connectivity index (χ3v) is 6.83. The molecule has 11 heteroatoms. The number of rotatable bonds is 6. The maximum atomic E-state index is 13.6. The maximum absolute atomic E-state index is 13.6. The van der Waals surface area contributed by atoms with E-state index in [0.717, 1.165) is 12.1 Å². The number of hydrogen-bond donors (Lipinski definition) is 0. The zero-order chi connectivity index (χ0) is 23.5. The van der Waals surface area contributed by atoms with Crippen LogP contribution in [0.4, 0.5) is 18.9 Å². The van der Waals surface area contributed by atoms with Gasteiger partial charge in [-0.2, -0.15) is 13.2 Å². The number of halogens is 3. The zero-order valence-corrected chi connectivity index (χ0v) is 18.3. The lowest BCUT2D eigenvalue weighted by Gasteiger charge is -2.33. The molecule has 0 saturated carbocycles. The van der Waals surface area contributed by atoms with E-state index in [1.165, 1.54) is 42.3 Å². The smallest absolute Gasteiger partial charge is 0.417 e. The number of carbonyl (C=O) groups is 1. The summed E-state index contributed by atoms with van der Waals surface area (Å²) in [4.78, 5) is 13.4. The van der Waals surface area contributed by atoms with Crippen LogP contribution in [-0.4, -0.2) is 58.7 Å². The highest BCUT2D eigenvalue weighted by molar-refractivity contribution is 7.93. The summed E-state index contributed by atoms with van der Waals surface area (Å²) in [5.74, 6) is -0.112. The van der Waals surface area contributed by atoms with Gasteiger partial charge < -0.3 is 14.4 Å². The molecule has 174 valence electrons. The Balaban J connectivity index is 2.05. The Kier molecular flexibility index (Phi) is 6.99. The van der Waals surface area contributed by atoms with Gasteiger partial charge in [-0.15, -0.1) is 0 Å². The Morgan fingerprint density at radius 3 is 2.44 bits per heavy atom. The number of sulfonamides is 1. The zero-order valence-electron chi connectivity index (χ0n) is 17.5. The number of alkyl halides is 3. The Labute approximate surface area is 184 Å². The molecule has 1 amide bonds. The molecular formula is C21H23F3N2O5S. The first-order chi connectivity index (χ1) is 15.0. The molecule has 3 rings (SSSR count). The van der Waals surface area contributed by atoms with Crippen molar-refractivity contribution in [3.63, 3.8) is 0 Å². The average molecular weight is 472 g/mol. The number of amides is 1. The summed E-state index contributed by atoms with van der Waals surface area (Å²) in [5, 5.41) is 0. The Hall–Kier alpha value is -2.79. The van der Waals surface area contributed by atoms with E-state index in [9.17, 15) is 26.4 Å². The Morgan fingerprint density at radius 2 is 1.84 bits per heavy atom. The van der Waals surface area contributed by atoms with E-state index in [-0.39, 0.29) is 24.9 Å². The van der Waals surface area contributed by atoms with Crippen molar-refractivity contribution in [2.24, 2.45) is 0 Å². The van der Waals surface area contributed by atoms with Crippen molar-refractivity contribution in [1.82, 2.24) is 4.90 Å². The number of morpholine rings is 1. The first kappa shape index (κ1) is 23.9. The lowest BCUT2D eigenvalue weighted by molar-refractivity contribution is -0.139. The number of methoxy groups -OCH3 is 1. The molecule has 1 heterocycles. The van der Waals surface area contributed by atoms with Gasteiger partial charge in [0.1, 0.15) is 12.3 Å². The molecule has 1 fully saturated rings. The van der Waals surface area contributed by atoms with Crippen LogP contribution >= 0.6 is 0 Å². The highest BCUT2D eigenvalue weighted by Crippen LogP contribution is 2.36. The molecule has 0 aromatic heterocycles. The molecular weight excluding hydrogens is 449 g/mol. The van der Waals surface area contributed by atoms with E-state index in [1.807, 2.05) is 0 Å². The van der Waals surface area contributed by atoms with Crippen LogP contribution in [0.25, 0.3) is 0 Å². The van der Waals surface area contributed by atoms with E-state index in [1.54, 1.807) is 6.92 Å². The van der Waals surface area contributed by atoms with E-state index in [2.05, 4.69) is 0 Å². The number of ether oxygens (including phenoxy) is 2. The fraction of sp³-hybridized carbons (Fsp3) is 0.381. The normalized spacial score (nSPS) is 17.2. The average Bonchev–Trinajstić information content (AvgIpc) is 2.76. The summed E-state index contributed by atoms with van der Waals surface area (Å²) in [6, 6.07) is 9.59. The molecule has 0 aliphatic carbocycles. The molecule has 7 nitrogen and oxygen atoms in total. The van der Waals surface area contributed by atoms with Gasteiger partial charge >= 0.3 is 6.18 Å². The van der Waals surface area contributed by atoms with Gasteiger partial charge in [0, 0.05) is 13.1 Å². The van der Waals surface area contributed by atoms with E-state index in [4.69, 9.17) is 9.47 Å². The Bertz CT molecular complexity index is 1060. The molecule has 0 bridgehead atoms. The summed E-state index contributed by atoms with van der Waals surface area (Å²) < 4.78 is 78.7. The second-order valence-electron chi connectivity index (χ2n) is 7.22. The van der Waals surface area contributed by atoms with Crippen molar-refractivity contribution >= 4 is 21.6 Å². The van der Waals surface area contributed by atoms with Gasteiger partial charge in [0.2, 0.25) is 5.91 Å². The molecule has 1 atom stereocenters. The number of anilines is 1. The van der Waals surface area contributed by atoms with Crippen LogP contribution in [-0.2, 0) is 25.7 Å². The largest absolute Gasteiger partial charge is 0.497 e. The Morgan fingerprint density at radius 1 is 1.19 bits per heavy atom. The van der Waals surface area contributed by atoms with Gasteiger partial charge in [-0.05, 0) is 43.3 Å². The summed E-state index contributed by atoms with van der Waals surface area (Å²) in [7, 11) is -3.32. The number of nitrogens with zero attached hydrogens (tertiary/aromatic N) is 2. The summed E-state index contributed by atoms with van der Waals surface area (Å²) in [5.41, 5.74) is -1.26. The molecule has 32 heavy (non-hydrogen) atoms. The fourth-order valence-electron chi connectivity index (χ4n) is 3.38. The van der Waals surface area contributed by atoms with Crippen LogP contribution in [0.15, 0.2) is 53.4 Å². The molecule has 1 unspecified atom stereocenters. The van der Waals surface area contributed by atoms with Crippen LogP contribution in [0, 0.1) is 0 Å². The van der Waals surface area contributed by atoms with Gasteiger partial charge in [-0.1, -0.05) is 12.1 Å². The van der Waals surface area contributed by atoms with Gasteiger partial charge in [0.25, 0.3) is 10.0 Å². The van der Waals surface area contributed by atoms with E-state index >= 15 is 0 Å². The minimum Gasteiger partial charge on any atom is -0.497 e. The van der Waals surface area contributed by atoms with Crippen molar-refractivity contribution < 1.29 is 35.9 Å². The molecule has 1 aliphatic rings. The van der Waals surface area contributed by atoms with Crippen molar-refractivity contribution in [3.05, 3.63) is 54.1 Å². The topological polar surface area (TPSA) is 76.2 Å². The first-order valence-electron chi connectivity index (χ1n) is 9.76. The molecule has 1 aliphatic heterocycles. The molecule has 2 aromatic carbocycles. The number of hydrogen-bond acceptors (Lipinski definition) is 5. The second kappa shape index (κ2) is 9.37. The summed E-state index contributed by atoms with van der Waals surface area (Å²) in [6.07, 6.45) is -5.12. The van der Waals surface area contributed by atoms with Gasteiger partial charge in [0.05, 0.1) is 36.0 Å². The monoisotopic (exact) mass is 472 g/mol. The highest BCUT2D eigenvalue weighted by atomic mass is 32.2. The quantitative estimate of drug-likeness (QED) is 0.646. The maximum Gasteiger partial charge on any atom is 0.417 e. The minimum absolute atomic E-state index is 0.0393. The summed E-state index contributed by atoms with van der Waals surface area (Å²) in [6.45, 7) is 1.93. The van der Waals surface area contributed by atoms with Gasteiger partial charge in [-0.25, -0.2) is 8.42 Å². The van der Waals surface area contributed by atoms with Crippen molar-refractivity contribution in [3.8, 4) is 5.75 Å². The molecule has 0 radical (unpaired) electrons. The van der Waals surface area contributed by atoms with Crippen LogP contribution in [0.2, 0.25) is 0 Å². The van der Waals surface area contributed by atoms with Crippen molar-refractivity contribution in [2.75, 3.05) is 37.7 Å². The molecule has 1 saturated heterocycles. The van der Waals surface area contributed by atoms with Crippen LogP contribution in [0.5, 0.6) is 5.75 Å². The van der Waals surface area contributed by atoms with Gasteiger partial charge in [-0.3, -0.25) is 9.10 Å². The minimum atomic E-state index is -4.89. The van der Waals surface area contributed by atoms with E-state index < -0.39 is 39.1 Å². The van der Waals surface area contributed by atoms with E-state index in [0.29, 0.717) is 22.7 Å². The van der Waals surface area contributed by atoms with Gasteiger partial charge in [0.15, 0.2) is 0 Å². The van der Waals surface area contributed by atoms with Crippen LogP contribution in [0.3, 0.4) is 0 Å². The number of benzene rings is 2. The predicted molar refractivity (Wildman–Crippen MR) is 111 cm³/mol. The third-order valence-electron chi connectivity index (χ3n) is 4.99. The molecule has 0 N–H and O–H groups in total. The SMILES string of the molecule is COc1ccc(N(CC(=O)N2CCOC(C)C2)S(=O)(=O)c2ccccc2C(F)(F)F)cc1. The second-order valence-corrected chi connectivity index (χ2v) is 9.06. The third kappa shape index (κ3) is 5.16. The lowest BCUT2D eigenvalue weighted by Crippen LogP contribution is -2.49. The predicted octanol–water partition coefficient (Wildman–Crippen LogP) is 3.16. The lowest BCUT2D eigenvalue weighted by atomic mass is 10.2. The molecule has 2 aromatic rings. The standard InChI is InChI=1S/C21H23F3N2O5S/c1-15-13-25(11-12-31-15)20(27)14-26(16-7-9-17(30-2)10-8-16)32(28,29)19-6-4-3-5-18(19)21(22,23)24/h3-10,15H,11-14H2,1-2H3. The van der Waals surface area contributed by atoms with Crippen LogP contribution in [0.1, 0.15) is 12.5 Å². The van der Waals surface area contributed by atoms with Crippen molar-refractivity contribution in [2.45, 2.75) is 24.1 Å². The van der Waals surface area contributed by atoms with Crippen molar-refractivity contribution in [1.29, 1.82) is 0 Å². The fourth-order valence-corrected chi connectivity index (χ4v) is 5.01. The highest BCUT2D eigenvalue weighted by Gasteiger charge is 2.40. The first-order valence-corrected chi connectivity index (χ1v) is 11.2. The summed E-state index contributed by atoms with van der Waals surface area (Å²) >= 11 is 0.